The highest BCUT2D eigenvalue weighted by molar-refractivity contribution is 7.98. The number of aliphatic hydroxyl groups is 1. The fraction of sp³-hybridized carbons (Fsp3) is 0.409. The van der Waals surface area contributed by atoms with Crippen molar-refractivity contribution < 1.29 is 14.7 Å². The molecule has 1 aliphatic rings. The predicted molar refractivity (Wildman–Crippen MR) is 111 cm³/mol. The summed E-state index contributed by atoms with van der Waals surface area (Å²) in [6.45, 7) is 3.68. The number of oxime groups is 1. The molecule has 0 radical (unpaired) electrons. The molecule has 0 saturated carbocycles. The Morgan fingerprint density at radius 2 is 1.63 bits per heavy atom. The zero-order valence-corrected chi connectivity index (χ0v) is 17.0. The van der Waals surface area contributed by atoms with Crippen molar-refractivity contribution in [2.45, 2.75) is 56.3 Å². The topological polar surface area (TPSA) is 51.1 Å². The summed E-state index contributed by atoms with van der Waals surface area (Å²) >= 11 is 1.74. The lowest BCUT2D eigenvalue weighted by molar-refractivity contribution is -0.129. The average molecular weight is 386 g/mol. The van der Waals surface area contributed by atoms with E-state index in [0.717, 1.165) is 36.8 Å². The molecule has 0 spiro atoms. The molecule has 0 saturated heterocycles. The fourth-order valence-corrected chi connectivity index (χ4v) is 3.45. The summed E-state index contributed by atoms with van der Waals surface area (Å²) < 4.78 is 5.57. The molecule has 1 N–H and O–H groups in total. The number of hydrogen-bond donors (Lipinski definition) is 1. The number of nitrogens with zero attached hydrogens (tertiary/aromatic N) is 1. The molecule has 27 heavy (non-hydrogen) atoms. The summed E-state index contributed by atoms with van der Waals surface area (Å²) in [5, 5.41) is 14.4. The van der Waals surface area contributed by atoms with Gasteiger partial charge < -0.3 is 14.7 Å². The van der Waals surface area contributed by atoms with Crippen molar-refractivity contribution in [3.05, 3.63) is 54.1 Å². The highest BCUT2D eigenvalue weighted by atomic mass is 32.2. The molecule has 5 heteroatoms. The summed E-state index contributed by atoms with van der Waals surface area (Å²) in [5.41, 5.74) is 3.31. The minimum Gasteiger partial charge on any atom is -0.434 e. The predicted octanol–water partition coefficient (Wildman–Crippen LogP) is 5.77. The van der Waals surface area contributed by atoms with Crippen molar-refractivity contribution >= 4 is 17.7 Å². The van der Waals surface area contributed by atoms with E-state index in [1.54, 1.807) is 11.8 Å². The molecule has 1 aliphatic heterocycles. The maximum atomic E-state index is 10.4. The van der Waals surface area contributed by atoms with Crippen LogP contribution in [0.5, 0.6) is 0 Å². The van der Waals surface area contributed by atoms with Gasteiger partial charge in [0.1, 0.15) is 0 Å². The van der Waals surface area contributed by atoms with Gasteiger partial charge in [0, 0.05) is 25.2 Å². The molecule has 0 unspecified atom stereocenters. The van der Waals surface area contributed by atoms with E-state index in [9.17, 15) is 5.11 Å². The first-order valence-electron chi connectivity index (χ1n) is 9.33. The fourth-order valence-electron chi connectivity index (χ4n) is 3.04. The zero-order valence-electron chi connectivity index (χ0n) is 16.1. The van der Waals surface area contributed by atoms with E-state index in [0.29, 0.717) is 5.90 Å². The van der Waals surface area contributed by atoms with E-state index >= 15 is 0 Å². The van der Waals surface area contributed by atoms with Crippen LogP contribution in [-0.2, 0) is 9.57 Å². The molecule has 0 aliphatic carbocycles. The molecule has 2 aromatic rings. The van der Waals surface area contributed by atoms with Gasteiger partial charge in [-0.1, -0.05) is 42.8 Å². The number of unbranched alkanes of at least 4 members (excludes halogenated alkanes) is 1. The van der Waals surface area contributed by atoms with Crippen LogP contribution < -0.4 is 0 Å². The smallest absolute Gasteiger partial charge is 0.271 e. The lowest BCUT2D eigenvalue weighted by atomic mass is 9.99. The lowest BCUT2D eigenvalue weighted by Gasteiger charge is -2.15. The van der Waals surface area contributed by atoms with Gasteiger partial charge in [-0.3, -0.25) is 0 Å². The third kappa shape index (κ3) is 5.50. The van der Waals surface area contributed by atoms with Crippen LogP contribution in [0.1, 0.15) is 51.2 Å². The Labute approximate surface area is 165 Å². The normalized spacial score (nSPS) is 16.4. The minimum absolute atomic E-state index is 0.447. The third-order valence-corrected chi connectivity index (χ3v) is 5.31. The molecule has 0 amide bonds. The van der Waals surface area contributed by atoms with Crippen molar-refractivity contribution in [1.29, 1.82) is 0 Å². The number of rotatable bonds is 8. The van der Waals surface area contributed by atoms with E-state index in [1.165, 1.54) is 10.5 Å². The molecule has 144 valence electrons. The molecule has 0 aromatic heterocycles. The van der Waals surface area contributed by atoms with E-state index in [2.05, 4.69) is 47.8 Å². The number of ether oxygens (including phenoxy) is 1. The summed E-state index contributed by atoms with van der Waals surface area (Å²) in [7, 11) is 0. The monoisotopic (exact) mass is 385 g/mol. The highest BCUT2D eigenvalue weighted by Crippen LogP contribution is 2.27. The Morgan fingerprint density at radius 1 is 1.00 bits per heavy atom. The highest BCUT2D eigenvalue weighted by Gasteiger charge is 2.29. The molecule has 1 heterocycles. The third-order valence-electron chi connectivity index (χ3n) is 4.57. The van der Waals surface area contributed by atoms with Crippen LogP contribution in [0.3, 0.4) is 0 Å². The van der Waals surface area contributed by atoms with Gasteiger partial charge >= 0.3 is 0 Å². The van der Waals surface area contributed by atoms with Gasteiger partial charge in [0.05, 0.1) is 6.10 Å². The van der Waals surface area contributed by atoms with Gasteiger partial charge in [-0.15, -0.1) is 11.8 Å². The Bertz CT molecular complexity index is 769. The minimum atomic E-state index is -0.647. The lowest BCUT2D eigenvalue weighted by Crippen LogP contribution is -2.22. The van der Waals surface area contributed by atoms with Crippen LogP contribution in [0.15, 0.2) is 58.6 Å². The standard InChI is InChI=1S/C22H27NO3S/c1-22(2)25-21(23-26-22)7-5-4-6-20(24)18-10-8-16(9-11-18)17-12-14-19(27-3)15-13-17/h8-15,20,24H,4-7H2,1-3H3/t20-/m1/s1. The quantitative estimate of drug-likeness (QED) is 0.463. The van der Waals surface area contributed by atoms with Crippen molar-refractivity contribution in [3.63, 3.8) is 0 Å². The average Bonchev–Trinajstić information content (AvgIpc) is 3.04. The Balaban J connectivity index is 1.46. The van der Waals surface area contributed by atoms with Gasteiger partial charge in [-0.2, -0.15) is 0 Å². The second kappa shape index (κ2) is 8.81. The second-order valence-corrected chi connectivity index (χ2v) is 8.07. The summed E-state index contributed by atoms with van der Waals surface area (Å²) in [6.07, 6.45) is 4.91. The van der Waals surface area contributed by atoms with Gasteiger partial charge in [0.2, 0.25) is 5.90 Å². The summed E-state index contributed by atoms with van der Waals surface area (Å²) in [5.74, 6) is -0.00178. The van der Waals surface area contributed by atoms with E-state index in [1.807, 2.05) is 26.0 Å². The second-order valence-electron chi connectivity index (χ2n) is 7.19. The summed E-state index contributed by atoms with van der Waals surface area (Å²) in [6, 6.07) is 16.7. The van der Waals surface area contributed by atoms with Crippen LogP contribution in [0.25, 0.3) is 11.1 Å². The van der Waals surface area contributed by atoms with E-state index < -0.39 is 11.9 Å². The van der Waals surface area contributed by atoms with Crippen LogP contribution in [0, 0.1) is 0 Å². The SMILES string of the molecule is CSc1ccc(-c2ccc([C@H](O)CCCCC3=NOC(C)(C)O3)cc2)cc1. The summed E-state index contributed by atoms with van der Waals surface area (Å²) in [4.78, 5) is 6.44. The van der Waals surface area contributed by atoms with Crippen molar-refractivity contribution in [1.82, 2.24) is 0 Å². The first-order chi connectivity index (χ1) is 13.0. The molecule has 3 rings (SSSR count). The molecule has 2 aromatic carbocycles. The Morgan fingerprint density at radius 3 is 2.19 bits per heavy atom. The number of benzene rings is 2. The first-order valence-corrected chi connectivity index (χ1v) is 10.6. The molecule has 4 nitrogen and oxygen atoms in total. The number of thioether (sulfide) groups is 1. The molecular weight excluding hydrogens is 358 g/mol. The molecule has 0 bridgehead atoms. The van der Waals surface area contributed by atoms with E-state index in [-0.39, 0.29) is 0 Å². The molecule has 1 atom stereocenters. The maximum Gasteiger partial charge on any atom is 0.271 e. The van der Waals surface area contributed by atoms with Gasteiger partial charge in [-0.25, -0.2) is 0 Å². The van der Waals surface area contributed by atoms with Crippen molar-refractivity contribution in [3.8, 4) is 11.1 Å². The van der Waals surface area contributed by atoms with Gasteiger partial charge in [-0.05, 0) is 53.1 Å². The number of aliphatic hydroxyl groups excluding tert-OH is 1. The number of hydrogen-bond acceptors (Lipinski definition) is 5. The first kappa shape index (κ1) is 19.8. The van der Waals surface area contributed by atoms with Crippen molar-refractivity contribution in [2.24, 2.45) is 5.16 Å². The van der Waals surface area contributed by atoms with Crippen LogP contribution in [0.4, 0.5) is 0 Å². The Hall–Kier alpha value is -1.98. The molecule has 0 fully saturated rings. The maximum absolute atomic E-state index is 10.4. The van der Waals surface area contributed by atoms with Gasteiger partial charge in [0.25, 0.3) is 5.79 Å². The zero-order chi connectivity index (χ0) is 19.3. The van der Waals surface area contributed by atoms with E-state index in [4.69, 9.17) is 9.57 Å². The van der Waals surface area contributed by atoms with Gasteiger partial charge in [0.15, 0.2) is 0 Å². The largest absolute Gasteiger partial charge is 0.434 e. The Kier molecular flexibility index (Phi) is 6.45. The van der Waals surface area contributed by atoms with Crippen LogP contribution in [0.2, 0.25) is 0 Å². The van der Waals surface area contributed by atoms with Crippen LogP contribution >= 0.6 is 11.8 Å². The molecular formula is C22H27NO3S. The van der Waals surface area contributed by atoms with Crippen LogP contribution in [-0.4, -0.2) is 23.0 Å². The van der Waals surface area contributed by atoms with Crippen molar-refractivity contribution in [2.75, 3.05) is 6.26 Å².